The van der Waals surface area contributed by atoms with Crippen molar-refractivity contribution >= 4 is 17.8 Å². The number of likely N-dealkylation sites (N-methyl/N-ethyl adjacent to an activating group) is 1. The molecule has 0 aliphatic heterocycles. The Bertz CT molecular complexity index is 1060. The zero-order chi connectivity index (χ0) is 21.5. The van der Waals surface area contributed by atoms with Gasteiger partial charge in [-0.25, -0.2) is 9.78 Å². The Morgan fingerprint density at radius 1 is 1.03 bits per heavy atom. The Hall–Kier alpha value is -3.94. The van der Waals surface area contributed by atoms with E-state index >= 15 is 0 Å². The molecule has 2 N–H and O–H groups in total. The molecule has 0 aliphatic carbocycles. The lowest BCUT2D eigenvalue weighted by Crippen LogP contribution is -2.37. The Balaban J connectivity index is 1.71. The molecule has 8 nitrogen and oxygen atoms in total. The minimum absolute atomic E-state index is 0.193. The first-order valence-corrected chi connectivity index (χ1v) is 9.24. The highest BCUT2D eigenvalue weighted by Gasteiger charge is 2.19. The van der Waals surface area contributed by atoms with Crippen molar-refractivity contribution in [3.8, 4) is 22.8 Å². The van der Waals surface area contributed by atoms with Crippen LogP contribution in [-0.2, 0) is 14.3 Å². The van der Waals surface area contributed by atoms with E-state index in [1.54, 1.807) is 30.5 Å². The van der Waals surface area contributed by atoms with Gasteiger partial charge in [0.25, 0.3) is 5.91 Å². The Morgan fingerprint density at radius 2 is 1.77 bits per heavy atom. The first-order valence-electron chi connectivity index (χ1n) is 9.24. The van der Waals surface area contributed by atoms with Crippen molar-refractivity contribution in [3.63, 3.8) is 0 Å². The van der Waals surface area contributed by atoms with Crippen molar-refractivity contribution in [1.29, 1.82) is 0 Å². The van der Waals surface area contributed by atoms with Crippen molar-refractivity contribution in [2.75, 3.05) is 20.2 Å². The van der Waals surface area contributed by atoms with Crippen LogP contribution in [0.15, 0.2) is 59.1 Å². The quantitative estimate of drug-likeness (QED) is 0.582. The van der Waals surface area contributed by atoms with Crippen LogP contribution in [0.3, 0.4) is 0 Å². The van der Waals surface area contributed by atoms with Crippen LogP contribution < -0.4 is 10.6 Å². The minimum Gasteiger partial charge on any atom is -0.452 e. The Kier molecular flexibility index (Phi) is 6.59. The lowest BCUT2D eigenvalue weighted by Gasteiger charge is -2.08. The second-order valence-electron chi connectivity index (χ2n) is 6.47. The van der Waals surface area contributed by atoms with Crippen molar-refractivity contribution in [2.24, 2.45) is 0 Å². The lowest BCUT2D eigenvalue weighted by molar-refractivity contribution is -0.127. The first kappa shape index (κ1) is 20.8. The molecule has 0 atom stereocenters. The maximum Gasteiger partial charge on any atom is 0.339 e. The molecule has 0 spiro atoms. The van der Waals surface area contributed by atoms with Gasteiger partial charge in [0, 0.05) is 12.6 Å². The molecule has 3 rings (SSSR count). The summed E-state index contributed by atoms with van der Waals surface area (Å²) in [5.41, 5.74) is 2.67. The third-order valence-electron chi connectivity index (χ3n) is 4.28. The fourth-order valence-electron chi connectivity index (χ4n) is 2.62. The topological polar surface area (TPSA) is 111 Å². The van der Waals surface area contributed by atoms with Crippen LogP contribution in [0.1, 0.15) is 15.9 Å². The number of oxazole rings is 1. The average molecular weight is 407 g/mol. The van der Waals surface area contributed by atoms with Gasteiger partial charge in [0.05, 0.1) is 23.9 Å². The van der Waals surface area contributed by atoms with E-state index in [1.165, 1.54) is 7.05 Å². The Morgan fingerprint density at radius 3 is 2.50 bits per heavy atom. The van der Waals surface area contributed by atoms with Crippen LogP contribution in [0.25, 0.3) is 22.8 Å². The highest BCUT2D eigenvalue weighted by atomic mass is 16.5. The molecular weight excluding hydrogens is 386 g/mol. The van der Waals surface area contributed by atoms with Gasteiger partial charge in [-0.15, -0.1) is 0 Å². The summed E-state index contributed by atoms with van der Waals surface area (Å²) in [5, 5.41) is 4.73. The van der Waals surface area contributed by atoms with E-state index in [9.17, 15) is 14.4 Å². The summed E-state index contributed by atoms with van der Waals surface area (Å²) < 4.78 is 10.9. The van der Waals surface area contributed by atoms with E-state index in [0.717, 1.165) is 11.1 Å². The van der Waals surface area contributed by atoms with Gasteiger partial charge in [0.2, 0.25) is 11.8 Å². The smallest absolute Gasteiger partial charge is 0.339 e. The number of esters is 1. The van der Waals surface area contributed by atoms with E-state index < -0.39 is 18.5 Å². The summed E-state index contributed by atoms with van der Waals surface area (Å²) in [5.74, 6) is -0.796. The second-order valence-corrected chi connectivity index (χ2v) is 6.47. The molecule has 1 heterocycles. The van der Waals surface area contributed by atoms with Gasteiger partial charge < -0.3 is 19.8 Å². The first-order chi connectivity index (χ1) is 14.5. The van der Waals surface area contributed by atoms with Crippen molar-refractivity contribution in [2.45, 2.75) is 6.92 Å². The third-order valence-corrected chi connectivity index (χ3v) is 4.28. The highest BCUT2D eigenvalue weighted by molar-refractivity contribution is 5.97. The number of aryl methyl sites for hydroxylation is 1. The molecule has 0 saturated carbocycles. The summed E-state index contributed by atoms with van der Waals surface area (Å²) >= 11 is 0. The van der Waals surface area contributed by atoms with E-state index in [4.69, 9.17) is 9.15 Å². The molecule has 2 aromatic carbocycles. The predicted octanol–water partition coefficient (Wildman–Crippen LogP) is 2.34. The zero-order valence-corrected chi connectivity index (χ0v) is 16.6. The van der Waals surface area contributed by atoms with Crippen LogP contribution in [-0.4, -0.2) is 43.0 Å². The summed E-state index contributed by atoms with van der Waals surface area (Å²) in [4.78, 5) is 39.7. The molecule has 0 radical (unpaired) electrons. The number of hydrogen-bond donors (Lipinski definition) is 2. The summed E-state index contributed by atoms with van der Waals surface area (Å²) in [6.45, 7) is 1.29. The molecule has 0 saturated heterocycles. The number of rotatable bonds is 7. The number of nitrogens with one attached hydrogen (secondary N) is 2. The summed E-state index contributed by atoms with van der Waals surface area (Å²) in [6, 6.07) is 14.5. The number of hydrogen-bond acceptors (Lipinski definition) is 6. The van der Waals surface area contributed by atoms with Crippen molar-refractivity contribution in [3.05, 3.63) is 65.9 Å². The van der Waals surface area contributed by atoms with Crippen LogP contribution in [0.4, 0.5) is 0 Å². The van der Waals surface area contributed by atoms with Crippen LogP contribution in [0.5, 0.6) is 0 Å². The van der Waals surface area contributed by atoms with Gasteiger partial charge in [-0.1, -0.05) is 42.0 Å². The van der Waals surface area contributed by atoms with Gasteiger partial charge in [-0.05, 0) is 19.1 Å². The van der Waals surface area contributed by atoms with Crippen molar-refractivity contribution in [1.82, 2.24) is 15.6 Å². The number of carbonyl (C=O) groups is 3. The largest absolute Gasteiger partial charge is 0.452 e. The third kappa shape index (κ3) is 5.11. The summed E-state index contributed by atoms with van der Waals surface area (Å²) in [7, 11) is 1.46. The monoisotopic (exact) mass is 407 g/mol. The van der Waals surface area contributed by atoms with E-state index in [-0.39, 0.29) is 23.9 Å². The SMILES string of the molecule is CNC(=O)CNC(=O)COC(=O)c1ccccc1-c1ncc(-c2ccc(C)cc2)o1. The summed E-state index contributed by atoms with van der Waals surface area (Å²) in [6.07, 6.45) is 1.59. The number of benzene rings is 2. The number of ether oxygens (including phenoxy) is 1. The molecule has 154 valence electrons. The van der Waals surface area contributed by atoms with Gasteiger partial charge in [0.1, 0.15) is 0 Å². The number of aromatic nitrogens is 1. The van der Waals surface area contributed by atoms with Crippen LogP contribution >= 0.6 is 0 Å². The molecule has 30 heavy (non-hydrogen) atoms. The highest BCUT2D eigenvalue weighted by Crippen LogP contribution is 2.28. The maximum absolute atomic E-state index is 12.5. The molecule has 2 amide bonds. The predicted molar refractivity (Wildman–Crippen MR) is 109 cm³/mol. The van der Waals surface area contributed by atoms with Gasteiger partial charge in [-0.3, -0.25) is 9.59 Å². The number of nitrogens with zero attached hydrogens (tertiary/aromatic N) is 1. The molecule has 3 aromatic rings. The molecule has 1 aromatic heterocycles. The molecule has 0 bridgehead atoms. The molecule has 0 unspecified atom stereocenters. The van der Waals surface area contributed by atoms with Gasteiger partial charge >= 0.3 is 5.97 Å². The maximum atomic E-state index is 12.5. The fraction of sp³-hybridized carbons (Fsp3) is 0.182. The standard InChI is InChI=1S/C22H21N3O5/c1-14-7-9-15(10-8-14)18-11-25-21(30-18)16-5-3-4-6-17(16)22(28)29-13-20(27)24-12-19(26)23-2/h3-11H,12-13H2,1-2H3,(H,23,26)(H,24,27). The van der Waals surface area contributed by atoms with Crippen LogP contribution in [0.2, 0.25) is 0 Å². The fourth-order valence-corrected chi connectivity index (χ4v) is 2.62. The molecule has 0 aliphatic rings. The molecule has 8 heteroatoms. The van der Waals surface area contributed by atoms with Gasteiger partial charge in [0.15, 0.2) is 12.4 Å². The number of carbonyl (C=O) groups excluding carboxylic acids is 3. The van der Waals surface area contributed by atoms with Crippen LogP contribution in [0, 0.1) is 6.92 Å². The zero-order valence-electron chi connectivity index (χ0n) is 16.6. The minimum atomic E-state index is -0.698. The Labute approximate surface area is 173 Å². The van der Waals surface area contributed by atoms with E-state index in [0.29, 0.717) is 11.3 Å². The normalized spacial score (nSPS) is 10.3. The van der Waals surface area contributed by atoms with Gasteiger partial charge in [-0.2, -0.15) is 0 Å². The average Bonchev–Trinajstić information content (AvgIpc) is 3.26. The molecule has 0 fully saturated rings. The molecular formula is C22H21N3O5. The van der Waals surface area contributed by atoms with E-state index in [2.05, 4.69) is 15.6 Å². The number of amides is 2. The van der Waals surface area contributed by atoms with E-state index in [1.807, 2.05) is 31.2 Å². The van der Waals surface area contributed by atoms with Crippen molar-refractivity contribution < 1.29 is 23.5 Å². The second kappa shape index (κ2) is 9.51. The lowest BCUT2D eigenvalue weighted by atomic mass is 10.1.